The molecule has 0 aromatic heterocycles. The maximum Gasteiger partial charge on any atom is 0.0636 e. The van der Waals surface area contributed by atoms with E-state index in [4.69, 9.17) is 5.11 Å². The Labute approximate surface area is 82.7 Å². The fraction of sp³-hybridized carbons (Fsp3) is 1.00. The summed E-state index contributed by atoms with van der Waals surface area (Å²) in [7, 11) is 0. The molecule has 0 unspecified atom stereocenters. The average Bonchev–Trinajstić information content (AvgIpc) is 2.11. The zero-order valence-electron chi connectivity index (χ0n) is 9.51. The lowest BCUT2D eigenvalue weighted by molar-refractivity contribution is 0.182. The highest BCUT2D eigenvalue weighted by Gasteiger charge is 2.10. The molecule has 0 fully saturated rings. The second-order valence-electron chi connectivity index (χ2n) is 4.11. The third kappa shape index (κ3) is 7.03. The third-order valence-corrected chi connectivity index (χ3v) is 2.58. The summed E-state index contributed by atoms with van der Waals surface area (Å²) < 4.78 is 0. The minimum absolute atomic E-state index is 0.231. The fourth-order valence-electron chi connectivity index (χ4n) is 1.38. The average molecular weight is 187 g/mol. The van der Waals surface area contributed by atoms with Gasteiger partial charge in [0.1, 0.15) is 0 Å². The minimum atomic E-state index is -0.231. The molecule has 0 saturated heterocycles. The van der Waals surface area contributed by atoms with Crippen molar-refractivity contribution in [3.05, 3.63) is 0 Å². The summed E-state index contributed by atoms with van der Waals surface area (Å²) in [5, 5.41) is 12.5. The van der Waals surface area contributed by atoms with Gasteiger partial charge in [0.05, 0.1) is 6.10 Å². The maximum atomic E-state index is 9.13. The van der Waals surface area contributed by atoms with E-state index in [2.05, 4.69) is 26.1 Å². The van der Waals surface area contributed by atoms with Gasteiger partial charge in [-0.2, -0.15) is 0 Å². The van der Waals surface area contributed by atoms with Gasteiger partial charge in [-0.15, -0.1) is 0 Å². The van der Waals surface area contributed by atoms with Crippen LogP contribution in [0.5, 0.6) is 0 Å². The summed E-state index contributed by atoms with van der Waals surface area (Å²) in [5.74, 6) is 0.784. The molecule has 13 heavy (non-hydrogen) atoms. The number of aliphatic hydroxyl groups excluding tert-OH is 1. The van der Waals surface area contributed by atoms with E-state index in [-0.39, 0.29) is 6.10 Å². The zero-order chi connectivity index (χ0) is 10.3. The fourth-order valence-corrected chi connectivity index (χ4v) is 1.38. The Bertz CT molecular complexity index is 115. The van der Waals surface area contributed by atoms with Crippen molar-refractivity contribution in [3.8, 4) is 0 Å². The van der Waals surface area contributed by atoms with Gasteiger partial charge in [0.2, 0.25) is 0 Å². The van der Waals surface area contributed by atoms with E-state index in [1.807, 2.05) is 6.92 Å². The number of hydrogen-bond acceptors (Lipinski definition) is 2. The summed E-state index contributed by atoms with van der Waals surface area (Å²) in [4.78, 5) is 0. The smallest absolute Gasteiger partial charge is 0.0636 e. The Hall–Kier alpha value is -0.0800. The first-order valence-electron chi connectivity index (χ1n) is 5.51. The Morgan fingerprint density at radius 3 is 2.15 bits per heavy atom. The van der Waals surface area contributed by atoms with Gasteiger partial charge in [0.25, 0.3) is 0 Å². The molecule has 0 spiro atoms. The lowest BCUT2D eigenvalue weighted by Gasteiger charge is -2.21. The molecule has 3 atom stereocenters. The molecule has 0 radical (unpaired) electrons. The molecule has 0 aromatic rings. The molecule has 0 aliphatic carbocycles. The predicted molar refractivity (Wildman–Crippen MR) is 57.8 cm³/mol. The summed E-state index contributed by atoms with van der Waals surface area (Å²) in [5.41, 5.74) is 0. The van der Waals surface area contributed by atoms with Crippen LogP contribution >= 0.6 is 0 Å². The van der Waals surface area contributed by atoms with Crippen LogP contribution in [-0.4, -0.2) is 23.8 Å². The highest BCUT2D eigenvalue weighted by Crippen LogP contribution is 2.11. The van der Waals surface area contributed by atoms with E-state index < -0.39 is 0 Å². The van der Waals surface area contributed by atoms with Gasteiger partial charge in [-0.25, -0.2) is 0 Å². The van der Waals surface area contributed by atoms with Crippen molar-refractivity contribution in [2.45, 2.75) is 59.1 Å². The van der Waals surface area contributed by atoms with Gasteiger partial charge in [-0.05, 0) is 25.7 Å². The van der Waals surface area contributed by atoms with Gasteiger partial charge in [0.15, 0.2) is 0 Å². The van der Waals surface area contributed by atoms with Crippen molar-refractivity contribution < 1.29 is 5.11 Å². The van der Waals surface area contributed by atoms with Crippen LogP contribution < -0.4 is 5.32 Å². The monoisotopic (exact) mass is 187 g/mol. The molecule has 0 rings (SSSR count). The molecular weight excluding hydrogens is 162 g/mol. The minimum Gasteiger partial charge on any atom is -0.392 e. The first kappa shape index (κ1) is 12.9. The first-order chi connectivity index (χ1) is 6.10. The summed E-state index contributed by atoms with van der Waals surface area (Å²) in [6.45, 7) is 9.25. The molecule has 0 heterocycles. The lowest BCUT2D eigenvalue weighted by atomic mass is 9.98. The van der Waals surface area contributed by atoms with Crippen molar-refractivity contribution in [2.24, 2.45) is 5.92 Å². The van der Waals surface area contributed by atoms with Gasteiger partial charge in [-0.3, -0.25) is 0 Å². The van der Waals surface area contributed by atoms with E-state index >= 15 is 0 Å². The van der Waals surface area contributed by atoms with Crippen LogP contribution in [0.15, 0.2) is 0 Å². The van der Waals surface area contributed by atoms with Gasteiger partial charge >= 0.3 is 0 Å². The molecular formula is C11H25NO. The number of hydrogen-bond donors (Lipinski definition) is 2. The Morgan fingerprint density at radius 2 is 1.77 bits per heavy atom. The van der Waals surface area contributed by atoms with Crippen LogP contribution in [0.2, 0.25) is 0 Å². The standard InChI is InChI=1S/C11H25NO/c1-5-9(3)7-11(6-2)12-8-10(4)13/h9-13H,5-8H2,1-4H3/t9-,10-,11+/m1/s1. The van der Waals surface area contributed by atoms with Crippen LogP contribution in [0.4, 0.5) is 0 Å². The molecule has 2 N–H and O–H groups in total. The van der Waals surface area contributed by atoms with Crippen molar-refractivity contribution in [3.63, 3.8) is 0 Å². The second kappa shape index (κ2) is 7.34. The molecule has 0 aliphatic rings. The highest BCUT2D eigenvalue weighted by molar-refractivity contribution is 4.69. The summed E-state index contributed by atoms with van der Waals surface area (Å²) >= 11 is 0. The predicted octanol–water partition coefficient (Wildman–Crippen LogP) is 2.17. The van der Waals surface area contributed by atoms with Gasteiger partial charge in [0, 0.05) is 12.6 Å². The normalized spacial score (nSPS) is 18.2. The lowest BCUT2D eigenvalue weighted by Crippen LogP contribution is -2.35. The molecule has 0 amide bonds. The highest BCUT2D eigenvalue weighted by atomic mass is 16.3. The van der Waals surface area contributed by atoms with Crippen molar-refractivity contribution in [2.75, 3.05) is 6.54 Å². The zero-order valence-corrected chi connectivity index (χ0v) is 9.51. The first-order valence-corrected chi connectivity index (χ1v) is 5.51. The van der Waals surface area contributed by atoms with E-state index in [0.29, 0.717) is 6.04 Å². The maximum absolute atomic E-state index is 9.13. The SMILES string of the molecule is CC[C@@H](C)C[C@H](CC)NC[C@@H](C)O. The molecule has 0 aromatic carbocycles. The van der Waals surface area contributed by atoms with Gasteiger partial charge < -0.3 is 10.4 Å². The van der Waals surface area contributed by atoms with Crippen molar-refractivity contribution in [1.82, 2.24) is 5.32 Å². The largest absolute Gasteiger partial charge is 0.392 e. The molecule has 0 saturated carbocycles. The Morgan fingerprint density at radius 1 is 1.15 bits per heavy atom. The van der Waals surface area contributed by atoms with E-state index in [9.17, 15) is 0 Å². The van der Waals surface area contributed by atoms with E-state index in [1.54, 1.807) is 0 Å². The van der Waals surface area contributed by atoms with E-state index in [1.165, 1.54) is 12.8 Å². The Kier molecular flexibility index (Phi) is 7.29. The van der Waals surface area contributed by atoms with Crippen molar-refractivity contribution in [1.29, 1.82) is 0 Å². The number of aliphatic hydroxyl groups is 1. The van der Waals surface area contributed by atoms with Crippen molar-refractivity contribution >= 4 is 0 Å². The molecule has 2 nitrogen and oxygen atoms in total. The Balaban J connectivity index is 3.62. The molecule has 0 bridgehead atoms. The number of nitrogens with one attached hydrogen (secondary N) is 1. The summed E-state index contributed by atoms with van der Waals surface area (Å²) in [6, 6.07) is 0.574. The second-order valence-corrected chi connectivity index (χ2v) is 4.11. The van der Waals surface area contributed by atoms with E-state index in [0.717, 1.165) is 18.9 Å². The molecule has 80 valence electrons. The molecule has 0 aliphatic heterocycles. The van der Waals surface area contributed by atoms with Crippen LogP contribution in [0.25, 0.3) is 0 Å². The third-order valence-electron chi connectivity index (χ3n) is 2.58. The van der Waals surface area contributed by atoms with Gasteiger partial charge in [-0.1, -0.05) is 27.2 Å². The van der Waals surface area contributed by atoms with Crippen LogP contribution in [0, 0.1) is 5.92 Å². The van der Waals surface area contributed by atoms with Crippen LogP contribution in [-0.2, 0) is 0 Å². The van der Waals surface area contributed by atoms with Crippen LogP contribution in [0.3, 0.4) is 0 Å². The summed E-state index contributed by atoms with van der Waals surface area (Å²) in [6.07, 6.45) is 3.38. The number of rotatable bonds is 7. The topological polar surface area (TPSA) is 32.3 Å². The molecule has 2 heteroatoms. The quantitative estimate of drug-likeness (QED) is 0.640. The van der Waals surface area contributed by atoms with Crippen LogP contribution in [0.1, 0.15) is 47.0 Å².